The Labute approximate surface area is 116 Å². The van der Waals surface area contributed by atoms with E-state index < -0.39 is 4.92 Å². The highest BCUT2D eigenvalue weighted by Crippen LogP contribution is 2.28. The lowest BCUT2D eigenvalue weighted by Crippen LogP contribution is -2.00. The monoisotopic (exact) mass is 327 g/mol. The van der Waals surface area contributed by atoms with E-state index in [1.54, 1.807) is 23.5 Å². The zero-order valence-corrected chi connectivity index (χ0v) is 11.6. The minimum Gasteiger partial charge on any atom is -0.398 e. The molecule has 1 aromatic carbocycles. The second kappa shape index (κ2) is 5.36. The summed E-state index contributed by atoms with van der Waals surface area (Å²) in [6.07, 6.45) is 0. The number of nitrogens with two attached hydrogens (primary N) is 1. The molecular formula is C11H10BrN3O2S. The van der Waals surface area contributed by atoms with Crippen LogP contribution in [0.4, 0.5) is 17.1 Å². The van der Waals surface area contributed by atoms with Gasteiger partial charge in [-0.3, -0.25) is 10.1 Å². The molecule has 94 valence electrons. The fraction of sp³-hybridized carbons (Fsp3) is 0.0909. The molecule has 1 heterocycles. The second-order valence-corrected chi connectivity index (χ2v) is 5.43. The van der Waals surface area contributed by atoms with Crippen LogP contribution in [0.3, 0.4) is 0 Å². The number of nitrogens with zero attached hydrogens (tertiary/aromatic N) is 1. The summed E-state index contributed by atoms with van der Waals surface area (Å²) >= 11 is 4.75. The molecule has 0 radical (unpaired) electrons. The largest absolute Gasteiger partial charge is 0.398 e. The lowest BCUT2D eigenvalue weighted by molar-refractivity contribution is -0.385. The van der Waals surface area contributed by atoms with E-state index in [1.807, 2.05) is 11.4 Å². The molecule has 2 aromatic rings. The van der Waals surface area contributed by atoms with E-state index >= 15 is 0 Å². The maximum atomic E-state index is 10.7. The first-order valence-electron chi connectivity index (χ1n) is 5.07. The van der Waals surface area contributed by atoms with E-state index in [4.69, 9.17) is 5.73 Å². The first-order chi connectivity index (χ1) is 8.58. The summed E-state index contributed by atoms with van der Waals surface area (Å²) in [5.74, 6) is 0. The molecule has 0 atom stereocenters. The molecule has 3 N–H and O–H groups in total. The molecule has 0 bridgehead atoms. The van der Waals surface area contributed by atoms with Gasteiger partial charge in [0.25, 0.3) is 5.69 Å². The molecule has 1 aromatic heterocycles. The average molecular weight is 328 g/mol. The molecule has 0 amide bonds. The van der Waals surface area contributed by atoms with Crippen molar-refractivity contribution in [2.45, 2.75) is 6.54 Å². The third-order valence-corrected chi connectivity index (χ3v) is 3.95. The predicted octanol–water partition coefficient (Wildman–Crippen LogP) is 3.61. The summed E-state index contributed by atoms with van der Waals surface area (Å²) in [5, 5.41) is 15.8. The van der Waals surface area contributed by atoms with Gasteiger partial charge in [0.05, 0.1) is 15.9 Å². The zero-order chi connectivity index (χ0) is 13.1. The van der Waals surface area contributed by atoms with Crippen LogP contribution in [0, 0.1) is 10.1 Å². The molecule has 7 heteroatoms. The molecule has 0 unspecified atom stereocenters. The first kappa shape index (κ1) is 12.8. The highest BCUT2D eigenvalue weighted by Gasteiger charge is 2.11. The van der Waals surface area contributed by atoms with Gasteiger partial charge in [-0.1, -0.05) is 0 Å². The van der Waals surface area contributed by atoms with Gasteiger partial charge >= 0.3 is 0 Å². The fourth-order valence-corrected chi connectivity index (χ4v) is 2.70. The van der Waals surface area contributed by atoms with Crippen LogP contribution in [-0.4, -0.2) is 4.92 Å². The molecule has 0 aliphatic carbocycles. The van der Waals surface area contributed by atoms with Crippen LogP contribution < -0.4 is 11.1 Å². The van der Waals surface area contributed by atoms with E-state index in [-0.39, 0.29) is 5.69 Å². The minimum absolute atomic E-state index is 0.0520. The quantitative estimate of drug-likeness (QED) is 0.663. The number of benzene rings is 1. The summed E-state index contributed by atoms with van der Waals surface area (Å²) in [6.45, 7) is 0.605. The third-order valence-electron chi connectivity index (χ3n) is 2.38. The number of thiophene rings is 1. The molecular weight excluding hydrogens is 318 g/mol. The van der Waals surface area contributed by atoms with E-state index in [1.165, 1.54) is 6.07 Å². The van der Waals surface area contributed by atoms with Crippen LogP contribution in [0.1, 0.15) is 4.88 Å². The van der Waals surface area contributed by atoms with Crippen molar-refractivity contribution < 1.29 is 4.92 Å². The van der Waals surface area contributed by atoms with E-state index in [9.17, 15) is 10.1 Å². The molecule has 0 saturated heterocycles. The van der Waals surface area contributed by atoms with Crippen LogP contribution in [0.15, 0.2) is 34.1 Å². The number of nitro benzene ring substituents is 1. The topological polar surface area (TPSA) is 81.2 Å². The van der Waals surface area contributed by atoms with Gasteiger partial charge < -0.3 is 11.1 Å². The first-order valence-corrected chi connectivity index (χ1v) is 6.75. The lowest BCUT2D eigenvalue weighted by atomic mass is 10.3. The average Bonchev–Trinajstić information content (AvgIpc) is 2.72. The standard InChI is InChI=1S/C11H10BrN3O2S/c12-8-5-7(1-2-10(8)15(16)17)14-6-11-9(13)3-4-18-11/h1-5,14H,6,13H2. The van der Waals surface area contributed by atoms with Gasteiger partial charge in [-0.05, 0) is 39.5 Å². The normalized spacial score (nSPS) is 10.3. The van der Waals surface area contributed by atoms with Crippen LogP contribution >= 0.6 is 27.3 Å². The van der Waals surface area contributed by atoms with Gasteiger partial charge in [-0.15, -0.1) is 11.3 Å². The molecule has 5 nitrogen and oxygen atoms in total. The number of rotatable bonds is 4. The summed E-state index contributed by atoms with van der Waals surface area (Å²) in [4.78, 5) is 11.3. The molecule has 0 fully saturated rings. The number of anilines is 2. The highest BCUT2D eigenvalue weighted by atomic mass is 79.9. The van der Waals surface area contributed by atoms with E-state index in [0.29, 0.717) is 11.0 Å². The van der Waals surface area contributed by atoms with Crippen molar-refractivity contribution in [1.82, 2.24) is 0 Å². The SMILES string of the molecule is Nc1ccsc1CNc1ccc([N+](=O)[O-])c(Br)c1. The Hall–Kier alpha value is -1.60. The Balaban J connectivity index is 2.09. The van der Waals surface area contributed by atoms with Gasteiger partial charge in [0.1, 0.15) is 0 Å². The van der Waals surface area contributed by atoms with Crippen molar-refractivity contribution in [1.29, 1.82) is 0 Å². The van der Waals surface area contributed by atoms with Gasteiger partial charge in [0, 0.05) is 22.3 Å². The number of nitrogen functional groups attached to an aromatic ring is 1. The van der Waals surface area contributed by atoms with Gasteiger partial charge in [-0.2, -0.15) is 0 Å². The van der Waals surface area contributed by atoms with E-state index in [2.05, 4.69) is 21.2 Å². The molecule has 0 spiro atoms. The molecule has 0 aliphatic heterocycles. The molecule has 0 aliphatic rings. The third kappa shape index (κ3) is 2.80. The van der Waals surface area contributed by atoms with Crippen molar-refractivity contribution in [3.05, 3.63) is 49.1 Å². The Morgan fingerprint density at radius 3 is 2.78 bits per heavy atom. The fourth-order valence-electron chi connectivity index (χ4n) is 1.44. The molecule has 18 heavy (non-hydrogen) atoms. The zero-order valence-electron chi connectivity index (χ0n) is 9.22. The number of hydrogen-bond donors (Lipinski definition) is 2. The van der Waals surface area contributed by atoms with Crippen LogP contribution in [0.2, 0.25) is 0 Å². The van der Waals surface area contributed by atoms with Crippen molar-refractivity contribution >= 4 is 44.3 Å². The van der Waals surface area contributed by atoms with Crippen molar-refractivity contribution in [2.24, 2.45) is 0 Å². The molecule has 2 rings (SSSR count). The number of halogens is 1. The summed E-state index contributed by atoms with van der Waals surface area (Å²) in [5.41, 5.74) is 7.39. The van der Waals surface area contributed by atoms with Crippen LogP contribution in [-0.2, 0) is 6.54 Å². The maximum absolute atomic E-state index is 10.7. The van der Waals surface area contributed by atoms with Crippen LogP contribution in [0.5, 0.6) is 0 Å². The molecule has 0 saturated carbocycles. The summed E-state index contributed by atoms with van der Waals surface area (Å²) < 4.78 is 0.455. The predicted molar refractivity (Wildman–Crippen MR) is 76.9 cm³/mol. The Morgan fingerprint density at radius 2 is 2.22 bits per heavy atom. The number of hydrogen-bond acceptors (Lipinski definition) is 5. The second-order valence-electron chi connectivity index (χ2n) is 3.58. The van der Waals surface area contributed by atoms with Gasteiger partial charge in [0.15, 0.2) is 0 Å². The van der Waals surface area contributed by atoms with E-state index in [0.717, 1.165) is 16.3 Å². The van der Waals surface area contributed by atoms with Crippen LogP contribution in [0.25, 0.3) is 0 Å². The maximum Gasteiger partial charge on any atom is 0.283 e. The number of nitrogens with one attached hydrogen (secondary N) is 1. The Morgan fingerprint density at radius 1 is 1.44 bits per heavy atom. The van der Waals surface area contributed by atoms with Crippen molar-refractivity contribution in [3.8, 4) is 0 Å². The Bertz CT molecular complexity index is 585. The number of nitro groups is 1. The van der Waals surface area contributed by atoms with Gasteiger partial charge in [0.2, 0.25) is 0 Å². The summed E-state index contributed by atoms with van der Waals surface area (Å²) in [7, 11) is 0. The minimum atomic E-state index is -0.425. The smallest absolute Gasteiger partial charge is 0.283 e. The Kier molecular flexibility index (Phi) is 3.83. The summed E-state index contributed by atoms with van der Waals surface area (Å²) in [6, 6.07) is 6.67. The van der Waals surface area contributed by atoms with Gasteiger partial charge in [-0.25, -0.2) is 0 Å². The van der Waals surface area contributed by atoms with Crippen molar-refractivity contribution in [2.75, 3.05) is 11.1 Å². The lowest BCUT2D eigenvalue weighted by Gasteiger charge is -2.06. The van der Waals surface area contributed by atoms with Crippen molar-refractivity contribution in [3.63, 3.8) is 0 Å². The highest BCUT2D eigenvalue weighted by molar-refractivity contribution is 9.10.